The largest absolute Gasteiger partial charge is 0.492 e. The van der Waals surface area contributed by atoms with Crippen LogP contribution in [0.3, 0.4) is 0 Å². The van der Waals surface area contributed by atoms with E-state index in [1.165, 1.54) is 18.1 Å². The fraction of sp³-hybridized carbons (Fsp3) is 0.190. The van der Waals surface area contributed by atoms with Gasteiger partial charge < -0.3 is 9.47 Å². The maximum absolute atomic E-state index is 13.2. The van der Waals surface area contributed by atoms with Crippen molar-refractivity contribution in [3.8, 4) is 11.5 Å². The number of hydrogen-bond acceptors (Lipinski definition) is 5. The predicted octanol–water partition coefficient (Wildman–Crippen LogP) is 4.65. The van der Waals surface area contributed by atoms with Crippen molar-refractivity contribution >= 4 is 68.4 Å². The van der Waals surface area contributed by atoms with Gasteiger partial charge >= 0.3 is 0 Å². The number of nitrogens with one attached hydrogen (secondary N) is 1. The monoisotopic (exact) mass is 508 g/mol. The van der Waals surface area contributed by atoms with Gasteiger partial charge in [0, 0.05) is 5.02 Å². The molecule has 0 aromatic heterocycles. The number of nitrogens with zero attached hydrogens (tertiary/aromatic N) is 1. The SMILES string of the molecule is CCOc1cc(/C=C2\C(=O)NC(=S)N(c3cccc(Cl)c3C)C2=O)cc(Br)c1OC. The van der Waals surface area contributed by atoms with E-state index in [2.05, 4.69) is 21.2 Å². The second-order valence-electron chi connectivity index (χ2n) is 6.31. The normalized spacial score (nSPS) is 15.4. The van der Waals surface area contributed by atoms with E-state index in [-0.39, 0.29) is 10.7 Å². The van der Waals surface area contributed by atoms with Crippen molar-refractivity contribution in [3.63, 3.8) is 0 Å². The number of hydrogen-bond donors (Lipinski definition) is 1. The second-order valence-corrected chi connectivity index (χ2v) is 7.96. The van der Waals surface area contributed by atoms with Crippen LogP contribution in [0.2, 0.25) is 5.02 Å². The molecule has 9 heteroatoms. The summed E-state index contributed by atoms with van der Waals surface area (Å²) in [4.78, 5) is 27.1. The number of anilines is 1. The number of halogens is 2. The summed E-state index contributed by atoms with van der Waals surface area (Å²) in [6.45, 7) is 4.06. The molecule has 156 valence electrons. The smallest absolute Gasteiger partial charge is 0.270 e. The Kier molecular flexibility index (Phi) is 6.80. The highest BCUT2D eigenvalue weighted by molar-refractivity contribution is 9.10. The minimum absolute atomic E-state index is 0.00145. The first-order valence-corrected chi connectivity index (χ1v) is 10.5. The van der Waals surface area contributed by atoms with Crippen LogP contribution in [0, 0.1) is 6.92 Å². The highest BCUT2D eigenvalue weighted by Gasteiger charge is 2.35. The van der Waals surface area contributed by atoms with Gasteiger partial charge in [0.1, 0.15) is 5.57 Å². The van der Waals surface area contributed by atoms with Crippen molar-refractivity contribution in [2.24, 2.45) is 0 Å². The molecular weight excluding hydrogens is 492 g/mol. The summed E-state index contributed by atoms with van der Waals surface area (Å²) < 4.78 is 11.6. The van der Waals surface area contributed by atoms with Gasteiger partial charge in [-0.25, -0.2) is 0 Å². The van der Waals surface area contributed by atoms with Gasteiger partial charge in [-0.15, -0.1) is 0 Å². The Hall–Kier alpha value is -2.42. The molecule has 1 N–H and O–H groups in total. The zero-order valence-electron chi connectivity index (χ0n) is 16.4. The molecule has 1 aliphatic rings. The maximum atomic E-state index is 13.2. The molecule has 0 atom stereocenters. The first-order chi connectivity index (χ1) is 14.3. The lowest BCUT2D eigenvalue weighted by Crippen LogP contribution is -2.54. The maximum Gasteiger partial charge on any atom is 0.270 e. The van der Waals surface area contributed by atoms with E-state index < -0.39 is 11.8 Å². The minimum Gasteiger partial charge on any atom is -0.492 e. The van der Waals surface area contributed by atoms with Gasteiger partial charge in [0.15, 0.2) is 16.6 Å². The third-order valence-electron chi connectivity index (χ3n) is 4.43. The fourth-order valence-corrected chi connectivity index (χ4v) is 4.08. The predicted molar refractivity (Wildman–Crippen MR) is 124 cm³/mol. The lowest BCUT2D eigenvalue weighted by atomic mass is 10.1. The molecule has 1 aliphatic heterocycles. The quantitative estimate of drug-likeness (QED) is 0.361. The van der Waals surface area contributed by atoms with Gasteiger partial charge in [-0.2, -0.15) is 0 Å². The summed E-state index contributed by atoms with van der Waals surface area (Å²) in [7, 11) is 1.53. The van der Waals surface area contributed by atoms with E-state index >= 15 is 0 Å². The van der Waals surface area contributed by atoms with Crippen molar-refractivity contribution in [2.45, 2.75) is 13.8 Å². The van der Waals surface area contributed by atoms with Gasteiger partial charge in [-0.05, 0) is 83.5 Å². The Labute approximate surface area is 192 Å². The molecule has 0 radical (unpaired) electrons. The van der Waals surface area contributed by atoms with Crippen molar-refractivity contribution in [3.05, 3.63) is 56.5 Å². The molecular formula is C21H18BrClN2O4S. The summed E-state index contributed by atoms with van der Waals surface area (Å²) in [6.07, 6.45) is 1.49. The number of amides is 2. The Morgan fingerprint density at radius 2 is 2.03 bits per heavy atom. The first-order valence-electron chi connectivity index (χ1n) is 8.95. The molecule has 0 spiro atoms. The third-order valence-corrected chi connectivity index (χ3v) is 5.71. The molecule has 2 amide bonds. The molecule has 1 fully saturated rings. The minimum atomic E-state index is -0.578. The molecule has 2 aromatic carbocycles. The van der Waals surface area contributed by atoms with E-state index in [0.717, 1.165) is 0 Å². The van der Waals surface area contributed by atoms with Crippen LogP contribution in [0.1, 0.15) is 18.1 Å². The highest BCUT2D eigenvalue weighted by atomic mass is 79.9. The lowest BCUT2D eigenvalue weighted by molar-refractivity contribution is -0.122. The van der Waals surface area contributed by atoms with Gasteiger partial charge in [0.25, 0.3) is 11.8 Å². The standard InChI is InChI=1S/C21H18BrClN2O4S/c1-4-29-17-10-12(9-14(22)18(17)28-3)8-13-19(26)24-21(30)25(20(13)27)16-7-5-6-15(23)11(16)2/h5-10H,4H2,1-3H3,(H,24,26,30)/b13-8+. The van der Waals surface area contributed by atoms with Crippen LogP contribution < -0.4 is 19.7 Å². The summed E-state index contributed by atoms with van der Waals surface area (Å²) in [5.74, 6) is -0.108. The van der Waals surface area contributed by atoms with Gasteiger partial charge in [-0.3, -0.25) is 19.8 Å². The number of methoxy groups -OCH3 is 1. The van der Waals surface area contributed by atoms with Crippen LogP contribution in [-0.4, -0.2) is 30.6 Å². The number of thiocarbonyl (C=S) groups is 1. The number of rotatable bonds is 5. The Morgan fingerprint density at radius 1 is 1.30 bits per heavy atom. The topological polar surface area (TPSA) is 67.9 Å². The van der Waals surface area contributed by atoms with Crippen LogP contribution in [0.4, 0.5) is 5.69 Å². The molecule has 0 saturated carbocycles. The third kappa shape index (κ3) is 4.21. The molecule has 30 heavy (non-hydrogen) atoms. The average molecular weight is 510 g/mol. The van der Waals surface area contributed by atoms with Crippen LogP contribution in [0.15, 0.2) is 40.4 Å². The summed E-state index contributed by atoms with van der Waals surface area (Å²) in [5, 5.41) is 3.06. The lowest BCUT2D eigenvalue weighted by Gasteiger charge is -2.30. The molecule has 0 unspecified atom stereocenters. The van der Waals surface area contributed by atoms with E-state index in [1.807, 2.05) is 6.92 Å². The highest BCUT2D eigenvalue weighted by Crippen LogP contribution is 2.37. The van der Waals surface area contributed by atoms with Gasteiger partial charge in [0.2, 0.25) is 0 Å². The zero-order chi connectivity index (χ0) is 22.0. The van der Waals surface area contributed by atoms with E-state index in [4.69, 9.17) is 33.3 Å². The number of carbonyl (C=O) groups is 2. The number of carbonyl (C=O) groups excluding carboxylic acids is 2. The van der Waals surface area contributed by atoms with E-state index in [0.29, 0.717) is 44.4 Å². The van der Waals surface area contributed by atoms with E-state index in [9.17, 15) is 9.59 Å². The molecule has 1 heterocycles. The second kappa shape index (κ2) is 9.16. The van der Waals surface area contributed by atoms with Crippen molar-refractivity contribution in [2.75, 3.05) is 18.6 Å². The Bertz CT molecular complexity index is 1090. The zero-order valence-corrected chi connectivity index (χ0v) is 19.6. The van der Waals surface area contributed by atoms with Crippen LogP contribution in [0.25, 0.3) is 6.08 Å². The first kappa shape index (κ1) is 22.3. The van der Waals surface area contributed by atoms with Gasteiger partial charge in [0.05, 0.1) is 23.9 Å². The summed E-state index contributed by atoms with van der Waals surface area (Å²) in [6, 6.07) is 8.59. The van der Waals surface area contributed by atoms with E-state index in [1.54, 1.807) is 37.3 Å². The van der Waals surface area contributed by atoms with Crippen molar-refractivity contribution in [1.29, 1.82) is 0 Å². The van der Waals surface area contributed by atoms with Crippen LogP contribution in [0.5, 0.6) is 11.5 Å². The fourth-order valence-electron chi connectivity index (χ4n) is 3.01. The average Bonchev–Trinajstić information content (AvgIpc) is 2.68. The van der Waals surface area contributed by atoms with Crippen LogP contribution in [-0.2, 0) is 9.59 Å². The number of ether oxygens (including phenoxy) is 2. The Balaban J connectivity index is 2.08. The van der Waals surface area contributed by atoms with Gasteiger partial charge in [-0.1, -0.05) is 17.7 Å². The molecule has 6 nitrogen and oxygen atoms in total. The Morgan fingerprint density at radius 3 is 2.70 bits per heavy atom. The van der Waals surface area contributed by atoms with Crippen LogP contribution >= 0.6 is 39.7 Å². The molecule has 2 aromatic rings. The molecule has 0 aliphatic carbocycles. The summed E-state index contributed by atoms with van der Waals surface area (Å²) >= 11 is 14.9. The van der Waals surface area contributed by atoms with Crippen molar-refractivity contribution in [1.82, 2.24) is 5.32 Å². The molecule has 3 rings (SSSR count). The van der Waals surface area contributed by atoms with Crippen molar-refractivity contribution < 1.29 is 19.1 Å². The molecule has 1 saturated heterocycles. The molecule has 0 bridgehead atoms. The summed E-state index contributed by atoms with van der Waals surface area (Å²) in [5.41, 5.74) is 1.70. The number of benzene rings is 2.